The summed E-state index contributed by atoms with van der Waals surface area (Å²) in [7, 11) is 0. The predicted octanol–water partition coefficient (Wildman–Crippen LogP) is -1.17. The molecule has 0 saturated carbocycles. The summed E-state index contributed by atoms with van der Waals surface area (Å²) in [4.78, 5) is 11.5. The third kappa shape index (κ3) is 4.04. The highest BCUT2D eigenvalue weighted by molar-refractivity contribution is 5.82. The Kier molecular flexibility index (Phi) is 5.04. The molecule has 5 heteroatoms. The molecule has 0 aromatic rings. The summed E-state index contributed by atoms with van der Waals surface area (Å²) >= 11 is 0. The molecule has 0 heterocycles. The van der Waals surface area contributed by atoms with E-state index in [0.717, 1.165) is 0 Å². The maximum atomic E-state index is 11.5. The van der Waals surface area contributed by atoms with Gasteiger partial charge < -0.3 is 21.3 Å². The van der Waals surface area contributed by atoms with Crippen molar-refractivity contribution < 1.29 is 15.0 Å². The zero-order valence-corrected chi connectivity index (χ0v) is 8.95. The molecule has 0 aliphatic carbocycles. The molecular weight excluding hydrogens is 184 g/mol. The third-order valence-corrected chi connectivity index (χ3v) is 2.00. The lowest BCUT2D eigenvalue weighted by molar-refractivity contribution is -0.125. The number of nitrogens with one attached hydrogen (secondary N) is 1. The molecule has 0 saturated heterocycles. The molecular formula is C9H20N2O3. The molecule has 0 fully saturated rings. The Morgan fingerprint density at radius 2 is 1.79 bits per heavy atom. The maximum Gasteiger partial charge on any atom is 0.237 e. The summed E-state index contributed by atoms with van der Waals surface area (Å²) in [6.07, 6.45) is 0. The molecule has 0 aromatic carbocycles. The van der Waals surface area contributed by atoms with Crippen molar-refractivity contribution in [1.82, 2.24) is 5.32 Å². The first-order valence-electron chi connectivity index (χ1n) is 4.60. The van der Waals surface area contributed by atoms with Gasteiger partial charge in [0.1, 0.15) is 0 Å². The molecule has 0 aliphatic heterocycles. The van der Waals surface area contributed by atoms with Gasteiger partial charge in [-0.15, -0.1) is 0 Å². The Hall–Kier alpha value is -0.650. The maximum absolute atomic E-state index is 11.5. The summed E-state index contributed by atoms with van der Waals surface area (Å²) in [5.74, 6) is -0.356. The minimum absolute atomic E-state index is 0.293. The highest BCUT2D eigenvalue weighted by Gasteiger charge is 2.28. The number of hydrogen-bond acceptors (Lipinski definition) is 4. The van der Waals surface area contributed by atoms with Gasteiger partial charge in [0.05, 0.1) is 25.3 Å². The minimum Gasteiger partial charge on any atom is -0.394 e. The van der Waals surface area contributed by atoms with E-state index in [-0.39, 0.29) is 24.5 Å². The van der Waals surface area contributed by atoms with Crippen LogP contribution in [0.5, 0.6) is 0 Å². The number of amides is 1. The van der Waals surface area contributed by atoms with Crippen molar-refractivity contribution in [3.8, 4) is 0 Å². The molecule has 84 valence electrons. The average Bonchev–Trinajstić information content (AvgIpc) is 2.11. The molecule has 0 rings (SSSR count). The van der Waals surface area contributed by atoms with Crippen LogP contribution in [0.4, 0.5) is 0 Å². The van der Waals surface area contributed by atoms with Gasteiger partial charge in [-0.3, -0.25) is 4.79 Å². The van der Waals surface area contributed by atoms with Crippen LogP contribution in [0.1, 0.15) is 20.8 Å². The molecule has 1 unspecified atom stereocenters. The second-order valence-corrected chi connectivity index (χ2v) is 4.41. The lowest BCUT2D eigenvalue weighted by atomic mass is 9.87. The number of hydrogen-bond donors (Lipinski definition) is 4. The Bertz CT molecular complexity index is 185. The zero-order valence-electron chi connectivity index (χ0n) is 8.95. The van der Waals surface area contributed by atoms with E-state index in [4.69, 9.17) is 15.9 Å². The number of aliphatic hydroxyl groups excluding tert-OH is 2. The van der Waals surface area contributed by atoms with Gasteiger partial charge in [-0.05, 0) is 5.41 Å². The largest absolute Gasteiger partial charge is 0.394 e. The summed E-state index contributed by atoms with van der Waals surface area (Å²) in [5, 5.41) is 19.9. The first kappa shape index (κ1) is 13.4. The van der Waals surface area contributed by atoms with Gasteiger partial charge in [-0.1, -0.05) is 20.8 Å². The van der Waals surface area contributed by atoms with Gasteiger partial charge in [-0.2, -0.15) is 0 Å². The zero-order chi connectivity index (χ0) is 11.4. The van der Waals surface area contributed by atoms with Crippen molar-refractivity contribution in [1.29, 1.82) is 0 Å². The van der Waals surface area contributed by atoms with Crippen molar-refractivity contribution in [2.45, 2.75) is 32.9 Å². The normalized spacial score (nSPS) is 14.2. The minimum atomic E-state index is -0.650. The monoisotopic (exact) mass is 204 g/mol. The molecule has 5 nitrogen and oxygen atoms in total. The van der Waals surface area contributed by atoms with Crippen molar-refractivity contribution in [2.24, 2.45) is 11.1 Å². The smallest absolute Gasteiger partial charge is 0.237 e. The quantitative estimate of drug-likeness (QED) is 0.464. The first-order valence-corrected chi connectivity index (χ1v) is 4.60. The van der Waals surface area contributed by atoms with Crippen LogP contribution in [0.3, 0.4) is 0 Å². The van der Waals surface area contributed by atoms with Crippen molar-refractivity contribution in [3.05, 3.63) is 0 Å². The van der Waals surface area contributed by atoms with Crippen LogP contribution in [0.25, 0.3) is 0 Å². The van der Waals surface area contributed by atoms with Crippen molar-refractivity contribution in [2.75, 3.05) is 13.2 Å². The van der Waals surface area contributed by atoms with E-state index in [1.807, 2.05) is 20.8 Å². The molecule has 0 spiro atoms. The van der Waals surface area contributed by atoms with Gasteiger partial charge in [0, 0.05) is 0 Å². The summed E-state index contributed by atoms with van der Waals surface area (Å²) in [6.45, 7) is 4.97. The second kappa shape index (κ2) is 5.29. The molecule has 1 atom stereocenters. The van der Waals surface area contributed by atoms with E-state index in [0.29, 0.717) is 0 Å². The second-order valence-electron chi connectivity index (χ2n) is 4.41. The molecule has 0 aromatic heterocycles. The van der Waals surface area contributed by atoms with Crippen LogP contribution in [0, 0.1) is 5.41 Å². The van der Waals surface area contributed by atoms with Gasteiger partial charge in [0.15, 0.2) is 0 Å². The van der Waals surface area contributed by atoms with Crippen LogP contribution < -0.4 is 11.1 Å². The van der Waals surface area contributed by atoms with Gasteiger partial charge in [0.25, 0.3) is 0 Å². The topological polar surface area (TPSA) is 95.6 Å². The molecule has 5 N–H and O–H groups in total. The molecule has 0 aliphatic rings. The van der Waals surface area contributed by atoms with Crippen LogP contribution in [-0.2, 0) is 4.79 Å². The SMILES string of the molecule is CC(C)(C)C(N)C(=O)NC(CO)CO. The van der Waals surface area contributed by atoms with Crippen LogP contribution in [-0.4, -0.2) is 41.4 Å². The Labute approximate surface area is 84.3 Å². The number of rotatable bonds is 4. The van der Waals surface area contributed by atoms with E-state index >= 15 is 0 Å². The van der Waals surface area contributed by atoms with E-state index in [9.17, 15) is 4.79 Å². The van der Waals surface area contributed by atoms with E-state index in [1.54, 1.807) is 0 Å². The van der Waals surface area contributed by atoms with Gasteiger partial charge in [-0.25, -0.2) is 0 Å². The fraction of sp³-hybridized carbons (Fsp3) is 0.889. The lowest BCUT2D eigenvalue weighted by Gasteiger charge is -2.27. The van der Waals surface area contributed by atoms with E-state index < -0.39 is 12.1 Å². The van der Waals surface area contributed by atoms with Crippen molar-refractivity contribution in [3.63, 3.8) is 0 Å². The fourth-order valence-corrected chi connectivity index (χ4v) is 0.833. The lowest BCUT2D eigenvalue weighted by Crippen LogP contribution is -2.53. The van der Waals surface area contributed by atoms with Crippen molar-refractivity contribution >= 4 is 5.91 Å². The number of carbonyl (C=O) groups is 1. The summed E-state index contributed by atoms with van der Waals surface area (Å²) < 4.78 is 0. The molecule has 14 heavy (non-hydrogen) atoms. The predicted molar refractivity (Wildman–Crippen MR) is 53.5 cm³/mol. The average molecular weight is 204 g/mol. The van der Waals surface area contributed by atoms with Gasteiger partial charge >= 0.3 is 0 Å². The summed E-state index contributed by atoms with van der Waals surface area (Å²) in [5.41, 5.74) is 5.34. The standard InChI is InChI=1S/C9H20N2O3/c1-9(2,3)7(10)8(14)11-6(4-12)5-13/h6-7,12-13H,4-5,10H2,1-3H3,(H,11,14). The van der Waals surface area contributed by atoms with Crippen LogP contribution >= 0.6 is 0 Å². The first-order chi connectivity index (χ1) is 6.32. The van der Waals surface area contributed by atoms with Crippen LogP contribution in [0.2, 0.25) is 0 Å². The van der Waals surface area contributed by atoms with Gasteiger partial charge in [0.2, 0.25) is 5.91 Å². The highest BCUT2D eigenvalue weighted by Crippen LogP contribution is 2.17. The summed E-state index contributed by atoms with van der Waals surface area (Å²) in [6, 6.07) is -1.28. The number of carbonyl (C=O) groups excluding carboxylic acids is 1. The molecule has 1 amide bonds. The Morgan fingerprint density at radius 3 is 2.07 bits per heavy atom. The number of nitrogens with two attached hydrogens (primary N) is 1. The Morgan fingerprint density at radius 1 is 1.36 bits per heavy atom. The third-order valence-electron chi connectivity index (χ3n) is 2.00. The van der Waals surface area contributed by atoms with E-state index in [2.05, 4.69) is 5.32 Å². The van der Waals surface area contributed by atoms with Crippen LogP contribution in [0.15, 0.2) is 0 Å². The van der Waals surface area contributed by atoms with E-state index in [1.165, 1.54) is 0 Å². The molecule has 0 radical (unpaired) electrons. The number of aliphatic hydroxyl groups is 2. The molecule has 0 bridgehead atoms. The Balaban J connectivity index is 4.21. The highest BCUT2D eigenvalue weighted by atomic mass is 16.3. The fourth-order valence-electron chi connectivity index (χ4n) is 0.833.